The van der Waals surface area contributed by atoms with Gasteiger partial charge in [-0.2, -0.15) is 5.10 Å². The summed E-state index contributed by atoms with van der Waals surface area (Å²) in [6.45, 7) is 0.585. The molecule has 2 aromatic carbocycles. The molecule has 132 valence electrons. The Bertz CT molecular complexity index is 953. The topological polar surface area (TPSA) is 56.1 Å². The Kier molecular flexibility index (Phi) is 4.16. The number of rotatable bonds is 4. The Morgan fingerprint density at radius 1 is 1.23 bits per heavy atom. The van der Waals surface area contributed by atoms with E-state index in [9.17, 15) is 9.18 Å². The van der Waals surface area contributed by atoms with E-state index in [-0.39, 0.29) is 24.1 Å². The first kappa shape index (κ1) is 16.3. The van der Waals surface area contributed by atoms with Crippen LogP contribution < -0.4 is 10.1 Å². The van der Waals surface area contributed by atoms with Gasteiger partial charge in [0, 0.05) is 30.2 Å². The fraction of sp³-hybridized carbons (Fsp3) is 0.200. The minimum absolute atomic E-state index is 0.164. The lowest BCUT2D eigenvalue weighted by Crippen LogP contribution is -2.23. The SMILES string of the molecule is COc1ccc(C2CC(=O)Nc3nn(Cc4ccccc4)cc32)c(F)c1. The van der Waals surface area contributed by atoms with Crippen molar-refractivity contribution in [1.82, 2.24) is 9.78 Å². The number of anilines is 1. The normalized spacial score (nSPS) is 16.1. The van der Waals surface area contributed by atoms with Crippen LogP contribution in [0.2, 0.25) is 0 Å². The fourth-order valence-electron chi connectivity index (χ4n) is 3.31. The van der Waals surface area contributed by atoms with Crippen LogP contribution in [-0.4, -0.2) is 22.8 Å². The number of nitrogens with one attached hydrogen (secondary N) is 1. The molecule has 1 aliphatic heterocycles. The van der Waals surface area contributed by atoms with E-state index in [1.54, 1.807) is 16.8 Å². The molecule has 3 aromatic rings. The summed E-state index contributed by atoms with van der Waals surface area (Å²) in [6.07, 6.45) is 2.07. The molecular weight excluding hydrogens is 333 g/mol. The van der Waals surface area contributed by atoms with Gasteiger partial charge in [-0.25, -0.2) is 4.39 Å². The van der Waals surface area contributed by atoms with E-state index in [1.165, 1.54) is 13.2 Å². The van der Waals surface area contributed by atoms with Crippen LogP contribution in [-0.2, 0) is 11.3 Å². The molecule has 1 amide bonds. The Labute approximate surface area is 150 Å². The third kappa shape index (κ3) is 3.06. The molecule has 6 heteroatoms. The van der Waals surface area contributed by atoms with Crippen LogP contribution in [0.4, 0.5) is 10.2 Å². The van der Waals surface area contributed by atoms with Crippen LogP contribution in [0, 0.1) is 5.82 Å². The number of ether oxygens (including phenoxy) is 1. The van der Waals surface area contributed by atoms with Gasteiger partial charge in [-0.3, -0.25) is 9.48 Å². The largest absolute Gasteiger partial charge is 0.497 e. The van der Waals surface area contributed by atoms with Gasteiger partial charge in [0.15, 0.2) is 5.82 Å². The molecule has 0 spiro atoms. The number of methoxy groups -OCH3 is 1. The molecule has 0 saturated heterocycles. The second-order valence-corrected chi connectivity index (χ2v) is 6.31. The van der Waals surface area contributed by atoms with Crippen molar-refractivity contribution in [2.75, 3.05) is 12.4 Å². The molecule has 2 heterocycles. The zero-order chi connectivity index (χ0) is 18.1. The Hall–Kier alpha value is -3.15. The number of halogens is 1. The molecule has 26 heavy (non-hydrogen) atoms. The molecule has 1 aliphatic rings. The first-order valence-corrected chi connectivity index (χ1v) is 8.38. The fourth-order valence-corrected chi connectivity index (χ4v) is 3.31. The van der Waals surface area contributed by atoms with Crippen molar-refractivity contribution in [1.29, 1.82) is 0 Å². The van der Waals surface area contributed by atoms with Crippen LogP contribution in [0.3, 0.4) is 0 Å². The monoisotopic (exact) mass is 351 g/mol. The molecule has 1 atom stereocenters. The van der Waals surface area contributed by atoms with E-state index in [2.05, 4.69) is 10.4 Å². The molecule has 0 fully saturated rings. The lowest BCUT2D eigenvalue weighted by atomic mass is 9.87. The predicted molar refractivity (Wildman–Crippen MR) is 95.8 cm³/mol. The van der Waals surface area contributed by atoms with Gasteiger partial charge in [0.05, 0.1) is 13.7 Å². The van der Waals surface area contributed by atoms with Crippen molar-refractivity contribution in [3.05, 3.63) is 77.2 Å². The first-order chi connectivity index (χ1) is 12.6. The summed E-state index contributed by atoms with van der Waals surface area (Å²) in [5, 5.41) is 7.26. The van der Waals surface area contributed by atoms with Gasteiger partial charge in [-0.15, -0.1) is 0 Å². The second-order valence-electron chi connectivity index (χ2n) is 6.31. The minimum Gasteiger partial charge on any atom is -0.497 e. The average molecular weight is 351 g/mol. The number of amides is 1. The number of fused-ring (bicyclic) bond motifs is 1. The van der Waals surface area contributed by atoms with E-state index in [0.717, 1.165) is 11.1 Å². The van der Waals surface area contributed by atoms with Crippen molar-refractivity contribution in [3.63, 3.8) is 0 Å². The summed E-state index contributed by atoms with van der Waals surface area (Å²) in [5.41, 5.74) is 2.40. The van der Waals surface area contributed by atoms with Gasteiger partial charge >= 0.3 is 0 Å². The molecular formula is C20H18FN3O2. The van der Waals surface area contributed by atoms with Crippen molar-refractivity contribution in [2.45, 2.75) is 18.9 Å². The number of carbonyl (C=O) groups is 1. The van der Waals surface area contributed by atoms with E-state index in [1.807, 2.05) is 36.5 Å². The van der Waals surface area contributed by atoms with E-state index < -0.39 is 0 Å². The molecule has 1 aromatic heterocycles. The maximum atomic E-state index is 14.6. The maximum absolute atomic E-state index is 14.6. The number of nitrogens with zero attached hydrogens (tertiary/aromatic N) is 2. The molecule has 0 bridgehead atoms. The van der Waals surface area contributed by atoms with Gasteiger partial charge in [-0.1, -0.05) is 36.4 Å². The molecule has 1 N–H and O–H groups in total. The molecule has 0 radical (unpaired) electrons. The number of hydrogen-bond acceptors (Lipinski definition) is 3. The number of hydrogen-bond donors (Lipinski definition) is 1. The Morgan fingerprint density at radius 2 is 2.04 bits per heavy atom. The van der Waals surface area contributed by atoms with Crippen molar-refractivity contribution >= 4 is 11.7 Å². The lowest BCUT2D eigenvalue weighted by molar-refractivity contribution is -0.116. The molecule has 0 saturated carbocycles. The summed E-state index contributed by atoms with van der Waals surface area (Å²) in [6, 6.07) is 14.6. The Morgan fingerprint density at radius 3 is 2.77 bits per heavy atom. The van der Waals surface area contributed by atoms with Gasteiger partial charge < -0.3 is 10.1 Å². The number of carbonyl (C=O) groups excluding carboxylic acids is 1. The van der Waals surface area contributed by atoms with E-state index >= 15 is 0 Å². The van der Waals surface area contributed by atoms with Gasteiger partial charge in [0.1, 0.15) is 11.6 Å². The third-order valence-corrected chi connectivity index (χ3v) is 4.58. The second kappa shape index (κ2) is 6.63. The predicted octanol–water partition coefficient (Wildman–Crippen LogP) is 3.55. The summed E-state index contributed by atoms with van der Waals surface area (Å²) in [7, 11) is 1.49. The zero-order valence-corrected chi connectivity index (χ0v) is 14.3. The quantitative estimate of drug-likeness (QED) is 0.782. The van der Waals surface area contributed by atoms with Gasteiger partial charge in [-0.05, 0) is 17.2 Å². The smallest absolute Gasteiger partial charge is 0.226 e. The molecule has 1 unspecified atom stereocenters. The Balaban J connectivity index is 1.70. The van der Waals surface area contributed by atoms with Gasteiger partial charge in [0.2, 0.25) is 5.91 Å². The summed E-state index contributed by atoms with van der Waals surface area (Å²) < 4.78 is 21.4. The molecule has 5 nitrogen and oxygen atoms in total. The van der Waals surface area contributed by atoms with Gasteiger partial charge in [0.25, 0.3) is 0 Å². The highest BCUT2D eigenvalue weighted by Crippen LogP contribution is 2.38. The van der Waals surface area contributed by atoms with Crippen LogP contribution in [0.5, 0.6) is 5.75 Å². The lowest BCUT2D eigenvalue weighted by Gasteiger charge is -2.22. The third-order valence-electron chi connectivity index (χ3n) is 4.58. The highest BCUT2D eigenvalue weighted by Gasteiger charge is 2.31. The number of aromatic nitrogens is 2. The van der Waals surface area contributed by atoms with Crippen LogP contribution >= 0.6 is 0 Å². The maximum Gasteiger partial charge on any atom is 0.226 e. The number of benzene rings is 2. The summed E-state index contributed by atoms with van der Waals surface area (Å²) in [5.74, 6) is 0.0339. The van der Waals surface area contributed by atoms with Crippen molar-refractivity contribution < 1.29 is 13.9 Å². The summed E-state index contributed by atoms with van der Waals surface area (Å²) >= 11 is 0. The average Bonchev–Trinajstić information content (AvgIpc) is 3.04. The molecule has 0 aliphatic carbocycles. The van der Waals surface area contributed by atoms with Crippen molar-refractivity contribution in [2.24, 2.45) is 0 Å². The van der Waals surface area contributed by atoms with E-state index in [4.69, 9.17) is 4.74 Å². The zero-order valence-electron chi connectivity index (χ0n) is 14.3. The van der Waals surface area contributed by atoms with Crippen LogP contribution in [0.15, 0.2) is 54.7 Å². The minimum atomic E-state index is -0.384. The van der Waals surface area contributed by atoms with Crippen LogP contribution in [0.25, 0.3) is 0 Å². The highest BCUT2D eigenvalue weighted by molar-refractivity contribution is 5.94. The summed E-state index contributed by atoms with van der Waals surface area (Å²) in [4.78, 5) is 12.1. The first-order valence-electron chi connectivity index (χ1n) is 8.38. The van der Waals surface area contributed by atoms with E-state index in [0.29, 0.717) is 23.7 Å². The highest BCUT2D eigenvalue weighted by atomic mass is 19.1. The van der Waals surface area contributed by atoms with Crippen molar-refractivity contribution in [3.8, 4) is 5.75 Å². The van der Waals surface area contributed by atoms with Crippen LogP contribution in [0.1, 0.15) is 29.0 Å². The molecule has 4 rings (SSSR count). The standard InChI is InChI=1S/C20H18FN3O2/c1-26-14-7-8-15(18(21)9-14)16-10-19(25)22-20-17(16)12-24(23-20)11-13-5-3-2-4-6-13/h2-9,12,16H,10-11H2,1H3,(H,22,23,25).